The molecule has 184 valence electrons. The van der Waals surface area contributed by atoms with E-state index in [1.54, 1.807) is 0 Å². The average molecular weight is 489 g/mol. The molecule has 0 saturated carbocycles. The Kier molecular flexibility index (Phi) is 7.08. The number of carbonyl (C=O) groups excluding carboxylic acids is 1. The zero-order chi connectivity index (χ0) is 25.6. The van der Waals surface area contributed by atoms with Crippen LogP contribution in [0.1, 0.15) is 19.4 Å². The van der Waals surface area contributed by atoms with Crippen molar-refractivity contribution in [1.29, 1.82) is 0 Å². The van der Waals surface area contributed by atoms with Gasteiger partial charge in [0.15, 0.2) is 5.71 Å². The lowest BCUT2D eigenvalue weighted by Crippen LogP contribution is -2.27. The van der Waals surface area contributed by atoms with Gasteiger partial charge in [-0.15, -0.1) is 0 Å². The van der Waals surface area contributed by atoms with Gasteiger partial charge in [0, 0.05) is 24.3 Å². The number of amides is 1. The number of carbonyl (C=O) groups is 1. The molecule has 0 bridgehead atoms. The molecule has 5 rings (SSSR count). The van der Waals surface area contributed by atoms with Crippen LogP contribution in [0.2, 0.25) is 0 Å². The number of para-hydroxylation sites is 3. The Balaban J connectivity index is 1.58. The maximum atomic E-state index is 13.7. The molecule has 4 aromatic carbocycles. The molecule has 6 nitrogen and oxygen atoms in total. The van der Waals surface area contributed by atoms with Crippen LogP contribution in [0.25, 0.3) is 0 Å². The Morgan fingerprint density at radius 3 is 2.08 bits per heavy atom. The van der Waals surface area contributed by atoms with Crippen molar-refractivity contribution in [2.75, 3.05) is 23.0 Å². The molecule has 0 unspecified atom stereocenters. The van der Waals surface area contributed by atoms with Gasteiger partial charge in [-0.25, -0.2) is 4.99 Å². The second kappa shape index (κ2) is 10.9. The molecule has 0 spiro atoms. The van der Waals surface area contributed by atoms with Crippen LogP contribution >= 0.6 is 0 Å². The minimum absolute atomic E-state index is 0.267. The van der Waals surface area contributed by atoms with Crippen molar-refractivity contribution in [3.8, 4) is 11.5 Å². The molecule has 0 fully saturated rings. The molecule has 0 radical (unpaired) electrons. The van der Waals surface area contributed by atoms with Gasteiger partial charge in [0.25, 0.3) is 5.91 Å². The summed E-state index contributed by atoms with van der Waals surface area (Å²) in [5, 5.41) is 6.14. The highest BCUT2D eigenvalue weighted by atomic mass is 16.5. The third-order valence-corrected chi connectivity index (χ3v) is 6.15. The van der Waals surface area contributed by atoms with Gasteiger partial charge >= 0.3 is 0 Å². The van der Waals surface area contributed by atoms with Crippen LogP contribution in [0.3, 0.4) is 0 Å². The van der Waals surface area contributed by atoms with Crippen molar-refractivity contribution in [3.63, 3.8) is 0 Å². The largest absolute Gasteiger partial charge is 0.457 e. The van der Waals surface area contributed by atoms with Crippen LogP contribution in [0.5, 0.6) is 11.5 Å². The van der Waals surface area contributed by atoms with Gasteiger partial charge in [0.05, 0.1) is 11.4 Å². The summed E-state index contributed by atoms with van der Waals surface area (Å²) in [5.74, 6) is 1.01. The fourth-order valence-electron chi connectivity index (χ4n) is 4.24. The number of nitrogens with zero attached hydrogens (tertiary/aromatic N) is 4. The van der Waals surface area contributed by atoms with Gasteiger partial charge in [-0.1, -0.05) is 48.5 Å². The molecule has 1 aliphatic rings. The quantitative estimate of drug-likeness (QED) is 0.273. The van der Waals surface area contributed by atoms with Crippen molar-refractivity contribution in [2.45, 2.75) is 13.8 Å². The van der Waals surface area contributed by atoms with Gasteiger partial charge < -0.3 is 9.64 Å². The Hall–Kier alpha value is -4.71. The molecule has 1 heterocycles. The van der Waals surface area contributed by atoms with Crippen molar-refractivity contribution in [3.05, 3.63) is 115 Å². The van der Waals surface area contributed by atoms with Gasteiger partial charge in [-0.2, -0.15) is 10.1 Å². The van der Waals surface area contributed by atoms with Crippen LogP contribution in [0.4, 0.5) is 17.1 Å². The number of hydrogen-bond acceptors (Lipinski definition) is 5. The topological polar surface area (TPSA) is 57.5 Å². The van der Waals surface area contributed by atoms with Crippen LogP contribution in [0.15, 0.2) is 119 Å². The summed E-state index contributed by atoms with van der Waals surface area (Å²) in [7, 11) is 0. The second-order valence-electron chi connectivity index (χ2n) is 8.46. The van der Waals surface area contributed by atoms with E-state index in [4.69, 9.17) is 14.8 Å². The minimum atomic E-state index is -0.288. The van der Waals surface area contributed by atoms with E-state index in [1.807, 2.05) is 109 Å². The molecule has 0 aromatic heterocycles. The van der Waals surface area contributed by atoms with Gasteiger partial charge in [0.2, 0.25) is 0 Å². The maximum Gasteiger partial charge on any atom is 0.299 e. The third kappa shape index (κ3) is 5.14. The van der Waals surface area contributed by atoms with Crippen LogP contribution in [0, 0.1) is 0 Å². The predicted molar refractivity (Wildman–Crippen MR) is 151 cm³/mol. The highest BCUT2D eigenvalue weighted by molar-refractivity contribution is 6.75. The molecule has 0 aliphatic carbocycles. The zero-order valence-corrected chi connectivity index (χ0v) is 20.9. The lowest BCUT2D eigenvalue weighted by atomic mass is 10.0. The first-order chi connectivity index (χ1) is 18.2. The van der Waals surface area contributed by atoms with Crippen LogP contribution in [-0.4, -0.2) is 30.4 Å². The van der Waals surface area contributed by atoms with E-state index in [2.05, 4.69) is 18.7 Å². The predicted octanol–water partition coefficient (Wildman–Crippen LogP) is 6.85. The summed E-state index contributed by atoms with van der Waals surface area (Å²) >= 11 is 0. The van der Waals surface area contributed by atoms with E-state index < -0.39 is 0 Å². The molecule has 4 aromatic rings. The number of aliphatic imine (C=N–C) groups is 1. The minimum Gasteiger partial charge on any atom is -0.457 e. The lowest BCUT2D eigenvalue weighted by molar-refractivity contribution is -0.112. The summed E-state index contributed by atoms with van der Waals surface area (Å²) < 4.78 is 6.19. The summed E-state index contributed by atoms with van der Waals surface area (Å²) in [6, 6.07) is 34.4. The van der Waals surface area contributed by atoms with Crippen LogP contribution in [-0.2, 0) is 4.79 Å². The molecule has 37 heavy (non-hydrogen) atoms. The number of benzene rings is 4. The Labute approximate surface area is 217 Å². The molecule has 0 N–H and O–H groups in total. The first-order valence-electron chi connectivity index (χ1n) is 12.4. The third-order valence-electron chi connectivity index (χ3n) is 6.15. The van der Waals surface area contributed by atoms with E-state index in [1.165, 1.54) is 5.01 Å². The Morgan fingerprint density at radius 2 is 1.41 bits per heavy atom. The SMILES string of the molecule is CCN(CC)c1ccc(N=C2C(=O)N(c3ccccc3)N=C2c2ccccc2Oc2ccccc2)cc1. The van der Waals surface area contributed by atoms with Gasteiger partial charge in [-0.3, -0.25) is 4.79 Å². The first kappa shape index (κ1) is 24.0. The molecule has 0 atom stereocenters. The number of hydrogen-bond donors (Lipinski definition) is 0. The van der Waals surface area contributed by atoms with Crippen LogP contribution < -0.4 is 14.6 Å². The summed E-state index contributed by atoms with van der Waals surface area (Å²) in [6.07, 6.45) is 0. The maximum absolute atomic E-state index is 13.7. The molecule has 0 saturated heterocycles. The smallest absolute Gasteiger partial charge is 0.299 e. The standard InChI is InChI=1S/C31H28N4O2/c1-3-34(4-2)24-21-19-23(20-22-24)32-30-29(33-35(31(30)36)25-13-7-5-8-14-25)27-17-11-12-18-28(27)37-26-15-9-6-10-16-26/h5-22H,3-4H2,1-2H3. The normalized spacial score (nSPS) is 14.1. The van der Waals surface area contributed by atoms with Crippen molar-refractivity contribution in [1.82, 2.24) is 0 Å². The van der Waals surface area contributed by atoms with E-state index in [-0.39, 0.29) is 11.6 Å². The summed E-state index contributed by atoms with van der Waals surface area (Å²) in [6.45, 7) is 6.10. The molecular formula is C31H28N4O2. The van der Waals surface area contributed by atoms with Crippen molar-refractivity contribution >= 4 is 34.4 Å². The summed E-state index contributed by atoms with van der Waals surface area (Å²) in [5.41, 5.74) is 3.90. The number of rotatable bonds is 8. The second-order valence-corrected chi connectivity index (χ2v) is 8.46. The number of anilines is 2. The number of ether oxygens (including phenoxy) is 1. The number of hydrazone groups is 1. The van der Waals surface area contributed by atoms with Crippen molar-refractivity contribution < 1.29 is 9.53 Å². The summed E-state index contributed by atoms with van der Waals surface area (Å²) in [4.78, 5) is 20.7. The molecule has 1 aliphatic heterocycles. The van der Waals surface area contributed by atoms with Crippen molar-refractivity contribution in [2.24, 2.45) is 10.1 Å². The fraction of sp³-hybridized carbons (Fsp3) is 0.129. The van der Waals surface area contributed by atoms with E-state index in [0.717, 1.165) is 18.8 Å². The van der Waals surface area contributed by atoms with E-state index in [0.29, 0.717) is 34.1 Å². The highest BCUT2D eigenvalue weighted by Gasteiger charge is 2.35. The fourth-order valence-corrected chi connectivity index (χ4v) is 4.24. The first-order valence-corrected chi connectivity index (χ1v) is 12.4. The molecule has 6 heteroatoms. The Morgan fingerprint density at radius 1 is 0.784 bits per heavy atom. The molecule has 1 amide bonds. The van der Waals surface area contributed by atoms with E-state index >= 15 is 0 Å². The van der Waals surface area contributed by atoms with Gasteiger partial charge in [-0.05, 0) is 74.5 Å². The average Bonchev–Trinajstić information content (AvgIpc) is 3.27. The zero-order valence-electron chi connectivity index (χ0n) is 20.9. The lowest BCUT2D eigenvalue weighted by Gasteiger charge is -2.20. The Bertz CT molecular complexity index is 1430. The van der Waals surface area contributed by atoms with Gasteiger partial charge in [0.1, 0.15) is 17.2 Å². The highest BCUT2D eigenvalue weighted by Crippen LogP contribution is 2.31. The monoisotopic (exact) mass is 488 g/mol. The molecular weight excluding hydrogens is 460 g/mol. The van der Waals surface area contributed by atoms with E-state index in [9.17, 15) is 4.79 Å².